The Morgan fingerprint density at radius 3 is 2.65 bits per heavy atom. The normalized spacial score (nSPS) is 16.2. The molecule has 0 spiro atoms. The van der Waals surface area contributed by atoms with Gasteiger partial charge in [-0.15, -0.1) is 0 Å². The van der Waals surface area contributed by atoms with Crippen molar-refractivity contribution in [3.63, 3.8) is 0 Å². The van der Waals surface area contributed by atoms with Crippen molar-refractivity contribution in [1.29, 1.82) is 0 Å². The van der Waals surface area contributed by atoms with Crippen LogP contribution in [0.25, 0.3) is 0 Å². The Morgan fingerprint density at radius 2 is 1.85 bits per heavy atom. The van der Waals surface area contributed by atoms with Crippen molar-refractivity contribution in [1.82, 2.24) is 0 Å². The largest absolute Gasteiger partial charge is 0.411 e. The predicted octanol–water partition coefficient (Wildman–Crippen LogP) is 3.58. The summed E-state index contributed by atoms with van der Waals surface area (Å²) in [5.41, 5.74) is 5.62. The SMILES string of the molecule is Cc1ccccc1CN1CCC(=NO)c2ccccc21. The van der Waals surface area contributed by atoms with Crippen molar-refractivity contribution in [2.24, 2.45) is 5.16 Å². The summed E-state index contributed by atoms with van der Waals surface area (Å²) in [6.07, 6.45) is 0.777. The van der Waals surface area contributed by atoms with E-state index in [-0.39, 0.29) is 0 Å². The molecule has 102 valence electrons. The number of oxime groups is 1. The monoisotopic (exact) mass is 266 g/mol. The lowest BCUT2D eigenvalue weighted by Crippen LogP contribution is -2.32. The van der Waals surface area contributed by atoms with Crippen LogP contribution in [0.5, 0.6) is 0 Å². The number of fused-ring (bicyclic) bond motifs is 1. The molecule has 0 saturated heterocycles. The minimum atomic E-state index is 0.777. The summed E-state index contributed by atoms with van der Waals surface area (Å²) < 4.78 is 0. The highest BCUT2D eigenvalue weighted by Crippen LogP contribution is 2.29. The van der Waals surface area contributed by atoms with Crippen LogP contribution in [0.2, 0.25) is 0 Å². The summed E-state index contributed by atoms with van der Waals surface area (Å²) in [5, 5.41) is 12.6. The van der Waals surface area contributed by atoms with Gasteiger partial charge in [0.15, 0.2) is 0 Å². The first-order valence-corrected chi connectivity index (χ1v) is 6.89. The molecular formula is C17H18N2O. The van der Waals surface area contributed by atoms with Gasteiger partial charge in [0.2, 0.25) is 0 Å². The molecule has 20 heavy (non-hydrogen) atoms. The van der Waals surface area contributed by atoms with Crippen molar-refractivity contribution in [3.8, 4) is 0 Å². The van der Waals surface area contributed by atoms with Crippen molar-refractivity contribution in [2.45, 2.75) is 19.9 Å². The van der Waals surface area contributed by atoms with Gasteiger partial charge in [-0.3, -0.25) is 0 Å². The minimum Gasteiger partial charge on any atom is -0.411 e. The topological polar surface area (TPSA) is 35.8 Å². The smallest absolute Gasteiger partial charge is 0.0906 e. The molecular weight excluding hydrogens is 248 g/mol. The van der Waals surface area contributed by atoms with E-state index in [1.807, 2.05) is 18.2 Å². The zero-order valence-electron chi connectivity index (χ0n) is 11.6. The van der Waals surface area contributed by atoms with E-state index in [0.29, 0.717) is 0 Å². The van der Waals surface area contributed by atoms with E-state index >= 15 is 0 Å². The number of anilines is 1. The van der Waals surface area contributed by atoms with Crippen LogP contribution in [0.3, 0.4) is 0 Å². The van der Waals surface area contributed by atoms with Crippen LogP contribution in [-0.4, -0.2) is 17.5 Å². The number of benzene rings is 2. The maximum atomic E-state index is 9.13. The second kappa shape index (κ2) is 5.37. The Hall–Kier alpha value is -2.29. The molecule has 0 amide bonds. The van der Waals surface area contributed by atoms with E-state index < -0.39 is 0 Å². The van der Waals surface area contributed by atoms with E-state index in [1.54, 1.807) is 0 Å². The maximum Gasteiger partial charge on any atom is 0.0906 e. The van der Waals surface area contributed by atoms with Gasteiger partial charge in [-0.05, 0) is 24.1 Å². The molecule has 0 aliphatic carbocycles. The Morgan fingerprint density at radius 1 is 1.10 bits per heavy atom. The van der Waals surface area contributed by atoms with Gasteiger partial charge in [0.05, 0.1) is 5.71 Å². The molecule has 0 bridgehead atoms. The first-order valence-electron chi connectivity index (χ1n) is 6.89. The van der Waals surface area contributed by atoms with Crippen molar-refractivity contribution in [3.05, 3.63) is 65.2 Å². The van der Waals surface area contributed by atoms with Gasteiger partial charge in [-0.25, -0.2) is 0 Å². The van der Waals surface area contributed by atoms with E-state index in [0.717, 1.165) is 36.5 Å². The lowest BCUT2D eigenvalue weighted by Gasteiger charge is -2.32. The number of para-hydroxylation sites is 1. The summed E-state index contributed by atoms with van der Waals surface area (Å²) in [6, 6.07) is 16.6. The van der Waals surface area contributed by atoms with Crippen LogP contribution < -0.4 is 4.90 Å². The molecule has 1 N–H and O–H groups in total. The zero-order chi connectivity index (χ0) is 13.9. The van der Waals surface area contributed by atoms with Crippen molar-refractivity contribution < 1.29 is 5.21 Å². The van der Waals surface area contributed by atoms with Crippen LogP contribution in [-0.2, 0) is 6.54 Å². The summed E-state index contributed by atoms with van der Waals surface area (Å²) in [5.74, 6) is 0. The molecule has 3 rings (SSSR count). The fraction of sp³-hybridized carbons (Fsp3) is 0.235. The van der Waals surface area contributed by atoms with E-state index in [1.165, 1.54) is 11.1 Å². The first-order chi connectivity index (χ1) is 9.79. The van der Waals surface area contributed by atoms with Gasteiger partial charge in [0.25, 0.3) is 0 Å². The van der Waals surface area contributed by atoms with Crippen LogP contribution in [0.1, 0.15) is 23.1 Å². The van der Waals surface area contributed by atoms with E-state index in [9.17, 15) is 0 Å². The van der Waals surface area contributed by atoms with E-state index in [4.69, 9.17) is 5.21 Å². The molecule has 1 aliphatic heterocycles. The fourth-order valence-corrected chi connectivity index (χ4v) is 2.75. The third kappa shape index (κ3) is 2.27. The standard InChI is InChI=1S/C17H18N2O/c1-13-6-2-3-7-14(13)12-19-11-10-16(18-20)15-8-4-5-9-17(15)19/h2-9,20H,10-12H2,1H3. The molecule has 1 heterocycles. The Kier molecular flexibility index (Phi) is 3.42. The molecule has 3 nitrogen and oxygen atoms in total. The summed E-state index contributed by atoms with van der Waals surface area (Å²) in [6.45, 7) is 3.92. The number of hydrogen-bond acceptors (Lipinski definition) is 3. The third-order valence-corrected chi connectivity index (χ3v) is 3.92. The van der Waals surface area contributed by atoms with Gasteiger partial charge in [-0.2, -0.15) is 0 Å². The van der Waals surface area contributed by atoms with Crippen LogP contribution in [0.4, 0.5) is 5.69 Å². The Labute approximate surface area is 119 Å². The molecule has 0 atom stereocenters. The maximum absolute atomic E-state index is 9.13. The molecule has 0 aromatic heterocycles. The average molecular weight is 266 g/mol. The number of aryl methyl sites for hydroxylation is 1. The lowest BCUT2D eigenvalue weighted by molar-refractivity contribution is 0.317. The molecule has 3 heteroatoms. The molecule has 2 aromatic rings. The summed E-state index contributed by atoms with van der Waals surface area (Å²) in [4.78, 5) is 2.35. The highest BCUT2D eigenvalue weighted by molar-refractivity contribution is 6.06. The number of nitrogens with zero attached hydrogens (tertiary/aromatic N) is 2. The second-order valence-corrected chi connectivity index (χ2v) is 5.16. The highest BCUT2D eigenvalue weighted by atomic mass is 16.4. The molecule has 0 radical (unpaired) electrons. The number of hydrogen-bond donors (Lipinski definition) is 1. The van der Waals surface area contributed by atoms with Gasteiger partial charge in [-0.1, -0.05) is 47.6 Å². The Balaban J connectivity index is 1.95. The zero-order valence-corrected chi connectivity index (χ0v) is 11.6. The van der Waals surface area contributed by atoms with Crippen LogP contribution in [0.15, 0.2) is 53.7 Å². The molecule has 0 unspecified atom stereocenters. The highest BCUT2D eigenvalue weighted by Gasteiger charge is 2.21. The molecule has 0 saturated carbocycles. The van der Waals surface area contributed by atoms with Crippen molar-refractivity contribution >= 4 is 11.4 Å². The summed E-state index contributed by atoms with van der Waals surface area (Å²) >= 11 is 0. The van der Waals surface area contributed by atoms with Crippen LogP contribution in [0, 0.1) is 6.92 Å². The molecule has 2 aromatic carbocycles. The van der Waals surface area contributed by atoms with Crippen LogP contribution >= 0.6 is 0 Å². The van der Waals surface area contributed by atoms with E-state index in [2.05, 4.69) is 47.3 Å². The third-order valence-electron chi connectivity index (χ3n) is 3.92. The quantitative estimate of drug-likeness (QED) is 0.666. The fourth-order valence-electron chi connectivity index (χ4n) is 2.75. The molecule has 1 aliphatic rings. The van der Waals surface area contributed by atoms with Gasteiger partial charge in [0, 0.05) is 30.8 Å². The van der Waals surface area contributed by atoms with Gasteiger partial charge in [0.1, 0.15) is 0 Å². The van der Waals surface area contributed by atoms with Crippen molar-refractivity contribution in [2.75, 3.05) is 11.4 Å². The predicted molar refractivity (Wildman–Crippen MR) is 81.6 cm³/mol. The summed E-state index contributed by atoms with van der Waals surface area (Å²) in [7, 11) is 0. The Bertz CT molecular complexity index is 649. The van der Waals surface area contributed by atoms with Gasteiger partial charge >= 0.3 is 0 Å². The van der Waals surface area contributed by atoms with Gasteiger partial charge < -0.3 is 10.1 Å². The minimum absolute atomic E-state index is 0.777. The average Bonchev–Trinajstić information content (AvgIpc) is 2.50. The molecule has 0 fully saturated rings. The second-order valence-electron chi connectivity index (χ2n) is 5.16. The first kappa shape index (κ1) is 12.7. The lowest BCUT2D eigenvalue weighted by atomic mass is 9.98. The number of rotatable bonds is 2.